The van der Waals surface area contributed by atoms with Gasteiger partial charge in [-0.15, -0.1) is 0 Å². The molecule has 0 amide bonds. The van der Waals surface area contributed by atoms with E-state index in [1.165, 1.54) is 18.2 Å². The molecule has 1 aliphatic rings. The summed E-state index contributed by atoms with van der Waals surface area (Å²) in [6.45, 7) is 0. The first-order valence-corrected chi connectivity index (χ1v) is 8.22. The van der Waals surface area contributed by atoms with E-state index in [0.29, 0.717) is 0 Å². The third kappa shape index (κ3) is 4.26. The average molecular weight is 332 g/mol. The Morgan fingerprint density at radius 2 is 1.95 bits per heavy atom. The molecule has 0 radical (unpaired) electrons. The molecule has 0 spiro atoms. The number of aliphatic carboxylic acids is 1. The third-order valence-electron chi connectivity index (χ3n) is 3.01. The Morgan fingerprint density at radius 3 is 2.52 bits per heavy atom. The van der Waals surface area contributed by atoms with Crippen molar-refractivity contribution >= 4 is 33.4 Å². The van der Waals surface area contributed by atoms with Crippen molar-refractivity contribution in [1.82, 2.24) is 4.72 Å². The Bertz CT molecular complexity index is 682. The predicted molar refractivity (Wildman–Crippen MR) is 76.0 cm³/mol. The molecule has 1 aromatic rings. The summed E-state index contributed by atoms with van der Waals surface area (Å²) in [5.41, 5.74) is 0.136. The fourth-order valence-corrected chi connectivity index (χ4v) is 3.56. The Morgan fingerprint density at radius 1 is 1.29 bits per heavy atom. The maximum Gasteiger partial charge on any atom is 0.303 e. The molecular weight excluding hydrogens is 318 g/mol. The number of nitrogens with one attached hydrogen (secondary N) is 1. The third-order valence-corrected chi connectivity index (χ3v) is 5.01. The Kier molecular flexibility index (Phi) is 4.65. The summed E-state index contributed by atoms with van der Waals surface area (Å²) in [6, 6.07) is 3.84. The van der Waals surface area contributed by atoms with Crippen LogP contribution in [0.1, 0.15) is 36.0 Å². The Hall–Kier alpha value is -1.44. The van der Waals surface area contributed by atoms with Gasteiger partial charge >= 0.3 is 5.97 Å². The number of carboxylic acids is 1. The van der Waals surface area contributed by atoms with Crippen LogP contribution in [-0.2, 0) is 14.8 Å². The van der Waals surface area contributed by atoms with Crippen molar-refractivity contribution < 1.29 is 23.1 Å². The van der Waals surface area contributed by atoms with Crippen molar-refractivity contribution in [2.24, 2.45) is 0 Å². The van der Waals surface area contributed by atoms with Gasteiger partial charge in [-0.25, -0.2) is 13.1 Å². The van der Waals surface area contributed by atoms with Gasteiger partial charge in [0.1, 0.15) is 4.90 Å². The quantitative estimate of drug-likeness (QED) is 0.742. The summed E-state index contributed by atoms with van der Waals surface area (Å²) in [5.74, 6) is -1.52. The van der Waals surface area contributed by atoms with Gasteiger partial charge in [-0.2, -0.15) is 0 Å². The number of ketones is 1. The molecule has 2 rings (SSSR count). The van der Waals surface area contributed by atoms with Crippen molar-refractivity contribution in [1.29, 1.82) is 0 Å². The highest BCUT2D eigenvalue weighted by Gasteiger charge is 2.29. The summed E-state index contributed by atoms with van der Waals surface area (Å²) in [4.78, 5) is 22.2. The van der Waals surface area contributed by atoms with Gasteiger partial charge in [0.15, 0.2) is 5.78 Å². The Balaban J connectivity index is 2.24. The molecule has 1 aliphatic carbocycles. The zero-order valence-electron chi connectivity index (χ0n) is 11.0. The van der Waals surface area contributed by atoms with Crippen LogP contribution in [0.3, 0.4) is 0 Å². The van der Waals surface area contributed by atoms with E-state index in [9.17, 15) is 18.0 Å². The lowest BCUT2D eigenvalue weighted by atomic mass is 10.1. The molecule has 0 aliphatic heterocycles. The minimum atomic E-state index is -3.77. The monoisotopic (exact) mass is 331 g/mol. The number of benzene rings is 1. The van der Waals surface area contributed by atoms with E-state index in [1.54, 1.807) is 0 Å². The largest absolute Gasteiger partial charge is 0.481 e. The number of sulfonamides is 1. The molecule has 0 aromatic heterocycles. The standard InChI is InChI=1S/C13H14ClNO5S/c14-10-4-1-8(11(16)5-6-13(17)18)7-12(10)21(19,20)15-9-2-3-9/h1,4,7,9,15H,2-3,5-6H2,(H,17,18). The number of hydrogen-bond donors (Lipinski definition) is 2. The molecule has 2 N–H and O–H groups in total. The smallest absolute Gasteiger partial charge is 0.303 e. The lowest BCUT2D eigenvalue weighted by Gasteiger charge is -2.09. The van der Waals surface area contributed by atoms with Crippen molar-refractivity contribution in [3.63, 3.8) is 0 Å². The van der Waals surface area contributed by atoms with Gasteiger partial charge in [0.25, 0.3) is 0 Å². The predicted octanol–water partition coefficient (Wildman–Crippen LogP) is 1.83. The van der Waals surface area contributed by atoms with Crippen LogP contribution in [-0.4, -0.2) is 31.3 Å². The molecule has 8 heteroatoms. The fraction of sp³-hybridized carbons (Fsp3) is 0.385. The molecule has 0 saturated heterocycles. The van der Waals surface area contributed by atoms with Gasteiger partial charge in [0.2, 0.25) is 10.0 Å². The summed E-state index contributed by atoms with van der Waals surface area (Å²) in [6.07, 6.45) is 1.08. The van der Waals surface area contributed by atoms with Crippen LogP contribution in [0.2, 0.25) is 5.02 Å². The number of carbonyl (C=O) groups excluding carboxylic acids is 1. The molecule has 1 fully saturated rings. The van der Waals surface area contributed by atoms with Crippen molar-refractivity contribution in [2.45, 2.75) is 36.6 Å². The second-order valence-electron chi connectivity index (χ2n) is 4.86. The molecule has 0 unspecified atom stereocenters. The van der Waals surface area contributed by atoms with Crippen molar-refractivity contribution in [3.8, 4) is 0 Å². The minimum absolute atomic E-state index is 0.0259. The molecule has 1 saturated carbocycles. The summed E-state index contributed by atoms with van der Waals surface area (Å²) in [5, 5.41) is 8.59. The highest BCUT2D eigenvalue weighted by molar-refractivity contribution is 7.89. The minimum Gasteiger partial charge on any atom is -0.481 e. The topological polar surface area (TPSA) is 101 Å². The molecule has 1 aromatic carbocycles. The molecule has 21 heavy (non-hydrogen) atoms. The molecule has 6 nitrogen and oxygen atoms in total. The summed E-state index contributed by atoms with van der Waals surface area (Å²) < 4.78 is 26.8. The fourth-order valence-electron chi connectivity index (χ4n) is 1.73. The number of halogens is 1. The maximum absolute atomic E-state index is 12.1. The van der Waals surface area contributed by atoms with Gasteiger partial charge < -0.3 is 5.11 Å². The normalized spacial score (nSPS) is 14.9. The van der Waals surface area contributed by atoms with Gasteiger partial charge in [0, 0.05) is 18.0 Å². The van der Waals surface area contributed by atoms with Crippen LogP contribution in [0, 0.1) is 0 Å². The van der Waals surface area contributed by atoms with Gasteiger partial charge in [-0.05, 0) is 31.0 Å². The van der Waals surface area contributed by atoms with Crippen molar-refractivity contribution in [3.05, 3.63) is 28.8 Å². The van der Waals surface area contributed by atoms with E-state index < -0.39 is 21.8 Å². The Labute approximate surface area is 127 Å². The zero-order valence-corrected chi connectivity index (χ0v) is 12.6. The number of carboxylic acid groups (broad SMARTS) is 1. The van der Waals surface area contributed by atoms with Crippen LogP contribution in [0.25, 0.3) is 0 Å². The van der Waals surface area contributed by atoms with E-state index in [2.05, 4.69) is 4.72 Å². The van der Waals surface area contributed by atoms with Crippen LogP contribution >= 0.6 is 11.6 Å². The summed E-state index contributed by atoms with van der Waals surface area (Å²) in [7, 11) is -3.77. The van der Waals surface area contributed by atoms with Gasteiger partial charge in [0.05, 0.1) is 11.4 Å². The van der Waals surface area contributed by atoms with E-state index in [1.807, 2.05) is 0 Å². The average Bonchev–Trinajstić information content (AvgIpc) is 3.19. The van der Waals surface area contributed by atoms with E-state index in [4.69, 9.17) is 16.7 Å². The second-order valence-corrected chi connectivity index (χ2v) is 6.95. The first-order valence-electron chi connectivity index (χ1n) is 6.36. The lowest BCUT2D eigenvalue weighted by molar-refractivity contribution is -0.136. The SMILES string of the molecule is O=C(O)CCC(=O)c1ccc(Cl)c(S(=O)(=O)NC2CC2)c1. The molecule has 114 valence electrons. The highest BCUT2D eigenvalue weighted by atomic mass is 35.5. The van der Waals surface area contributed by atoms with Gasteiger partial charge in [-0.3, -0.25) is 9.59 Å². The number of Topliss-reactive ketones (excluding diaryl/α,β-unsaturated/α-hetero) is 1. The van der Waals surface area contributed by atoms with E-state index >= 15 is 0 Å². The molecule has 0 heterocycles. The summed E-state index contributed by atoms with van der Waals surface area (Å²) >= 11 is 5.89. The van der Waals surface area contributed by atoms with Crippen molar-refractivity contribution in [2.75, 3.05) is 0 Å². The molecule has 0 atom stereocenters. The first-order chi connectivity index (χ1) is 9.79. The zero-order chi connectivity index (χ0) is 15.6. The van der Waals surface area contributed by atoms with Gasteiger partial charge in [-0.1, -0.05) is 11.6 Å². The maximum atomic E-state index is 12.1. The first kappa shape index (κ1) is 15.9. The van der Waals surface area contributed by atoms with E-state index in [0.717, 1.165) is 12.8 Å². The molecule has 0 bridgehead atoms. The second kappa shape index (κ2) is 6.13. The van der Waals surface area contributed by atoms with Crippen LogP contribution in [0.4, 0.5) is 0 Å². The van der Waals surface area contributed by atoms with Crippen LogP contribution in [0.15, 0.2) is 23.1 Å². The van der Waals surface area contributed by atoms with Crippen LogP contribution in [0.5, 0.6) is 0 Å². The van der Waals surface area contributed by atoms with Crippen LogP contribution < -0.4 is 4.72 Å². The number of carbonyl (C=O) groups is 2. The molecular formula is C13H14ClNO5S. The number of hydrogen-bond acceptors (Lipinski definition) is 4. The van der Waals surface area contributed by atoms with E-state index in [-0.39, 0.29) is 34.4 Å². The lowest BCUT2D eigenvalue weighted by Crippen LogP contribution is -2.26. The highest BCUT2D eigenvalue weighted by Crippen LogP contribution is 2.27. The number of rotatable bonds is 7.